The van der Waals surface area contributed by atoms with Crippen LogP contribution in [0, 0.1) is 11.6 Å². The molecule has 28 heavy (non-hydrogen) atoms. The van der Waals surface area contributed by atoms with Gasteiger partial charge >= 0.3 is 0 Å². The number of halogens is 2. The quantitative estimate of drug-likeness (QED) is 0.661. The average molecular weight is 408 g/mol. The van der Waals surface area contributed by atoms with E-state index >= 15 is 0 Å². The van der Waals surface area contributed by atoms with Crippen molar-refractivity contribution in [2.24, 2.45) is 0 Å². The lowest BCUT2D eigenvalue weighted by Crippen LogP contribution is -2.48. The number of benzene rings is 2. The number of sulfonamides is 1. The second-order valence-corrected chi connectivity index (χ2v) is 8.40. The average Bonchev–Trinajstić information content (AvgIpc) is 2.67. The summed E-state index contributed by atoms with van der Waals surface area (Å²) in [7, 11) is -3.98. The minimum atomic E-state index is -3.98. The van der Waals surface area contributed by atoms with Gasteiger partial charge in [0.15, 0.2) is 0 Å². The molecule has 1 aliphatic rings. The number of piperazine rings is 1. The molecule has 0 aliphatic carbocycles. The third-order valence-corrected chi connectivity index (χ3v) is 6.47. The second kappa shape index (κ2) is 8.81. The van der Waals surface area contributed by atoms with Gasteiger partial charge in [-0.05, 0) is 29.8 Å². The molecule has 2 aromatic rings. The van der Waals surface area contributed by atoms with E-state index in [9.17, 15) is 17.2 Å². The fourth-order valence-electron chi connectivity index (χ4n) is 3.06. The maximum absolute atomic E-state index is 13.9. The van der Waals surface area contributed by atoms with Crippen molar-refractivity contribution in [3.05, 3.63) is 72.3 Å². The van der Waals surface area contributed by atoms with E-state index in [1.165, 1.54) is 4.31 Å². The molecule has 0 spiro atoms. The number of hydrogen-bond donors (Lipinski definition) is 0. The largest absolute Gasteiger partial charge is 0.490 e. The Morgan fingerprint density at radius 1 is 1.04 bits per heavy atom. The van der Waals surface area contributed by atoms with Crippen molar-refractivity contribution in [2.45, 2.75) is 11.4 Å². The third-order valence-electron chi connectivity index (χ3n) is 4.54. The van der Waals surface area contributed by atoms with E-state index in [1.807, 2.05) is 24.3 Å². The van der Waals surface area contributed by atoms with E-state index in [0.29, 0.717) is 32.3 Å². The van der Waals surface area contributed by atoms with Crippen LogP contribution in [0.3, 0.4) is 0 Å². The predicted molar refractivity (Wildman–Crippen MR) is 103 cm³/mol. The molecular weight excluding hydrogens is 386 g/mol. The normalized spacial score (nSPS) is 16.1. The molecule has 0 bridgehead atoms. The maximum atomic E-state index is 13.9. The molecule has 1 fully saturated rings. The highest BCUT2D eigenvalue weighted by molar-refractivity contribution is 7.89. The van der Waals surface area contributed by atoms with Crippen molar-refractivity contribution in [1.29, 1.82) is 0 Å². The summed E-state index contributed by atoms with van der Waals surface area (Å²) in [5.41, 5.74) is 1.09. The van der Waals surface area contributed by atoms with E-state index < -0.39 is 26.6 Å². The van der Waals surface area contributed by atoms with Crippen LogP contribution in [0.2, 0.25) is 0 Å². The van der Waals surface area contributed by atoms with Gasteiger partial charge in [0, 0.05) is 38.8 Å². The molecule has 0 saturated carbocycles. The van der Waals surface area contributed by atoms with E-state index in [1.54, 1.807) is 6.08 Å². The van der Waals surface area contributed by atoms with Crippen LogP contribution in [0.15, 0.2) is 60.0 Å². The van der Waals surface area contributed by atoms with Crippen LogP contribution in [-0.2, 0) is 16.6 Å². The standard InChI is InChI=1S/C20H22F2N2O3S/c1-2-13-27-18-6-3-16(4-7-18)15-23-9-11-24(12-10-23)28(25,26)20-8-5-17(21)14-19(20)22/h2-8,14H,1,9-13,15H2. The first-order valence-corrected chi connectivity index (χ1v) is 10.3. The van der Waals surface area contributed by atoms with Gasteiger partial charge in [0.25, 0.3) is 0 Å². The molecule has 0 unspecified atom stereocenters. The van der Waals surface area contributed by atoms with Crippen molar-refractivity contribution in [3.8, 4) is 5.75 Å². The summed E-state index contributed by atoms with van der Waals surface area (Å²) in [4.78, 5) is 1.64. The summed E-state index contributed by atoms with van der Waals surface area (Å²) in [5, 5.41) is 0. The van der Waals surface area contributed by atoms with Gasteiger partial charge < -0.3 is 4.74 Å². The summed E-state index contributed by atoms with van der Waals surface area (Å²) >= 11 is 0. The second-order valence-electron chi connectivity index (χ2n) is 6.50. The fraction of sp³-hybridized carbons (Fsp3) is 0.300. The number of ether oxygens (including phenoxy) is 1. The molecule has 0 atom stereocenters. The Labute approximate surface area is 163 Å². The number of nitrogens with zero attached hydrogens (tertiary/aromatic N) is 2. The van der Waals surface area contributed by atoms with Crippen molar-refractivity contribution in [2.75, 3.05) is 32.8 Å². The van der Waals surface area contributed by atoms with Crippen LogP contribution < -0.4 is 4.74 Å². The molecular formula is C20H22F2N2O3S. The Balaban J connectivity index is 1.58. The lowest BCUT2D eigenvalue weighted by atomic mass is 10.2. The van der Waals surface area contributed by atoms with E-state index in [-0.39, 0.29) is 13.1 Å². The van der Waals surface area contributed by atoms with Crippen molar-refractivity contribution in [3.63, 3.8) is 0 Å². The third kappa shape index (κ3) is 4.76. The molecule has 0 N–H and O–H groups in total. The smallest absolute Gasteiger partial charge is 0.246 e. The molecule has 0 radical (unpaired) electrons. The zero-order valence-corrected chi connectivity index (χ0v) is 16.2. The van der Waals surface area contributed by atoms with Gasteiger partial charge in [-0.2, -0.15) is 4.31 Å². The Morgan fingerprint density at radius 2 is 1.71 bits per heavy atom. The topological polar surface area (TPSA) is 49.9 Å². The summed E-state index contributed by atoms with van der Waals surface area (Å²) in [6, 6.07) is 10.2. The minimum absolute atomic E-state index is 0.250. The van der Waals surface area contributed by atoms with Crippen LogP contribution >= 0.6 is 0 Å². The summed E-state index contributed by atoms with van der Waals surface area (Å²) in [5.74, 6) is -1.11. The van der Waals surface area contributed by atoms with Gasteiger partial charge in [-0.3, -0.25) is 4.90 Å². The van der Waals surface area contributed by atoms with Crippen molar-refractivity contribution < 1.29 is 21.9 Å². The Bertz CT molecular complexity index is 925. The van der Waals surface area contributed by atoms with Crippen LogP contribution in [0.25, 0.3) is 0 Å². The van der Waals surface area contributed by atoms with E-state index in [0.717, 1.165) is 23.4 Å². The fourth-order valence-corrected chi connectivity index (χ4v) is 4.52. The van der Waals surface area contributed by atoms with Gasteiger partial charge in [0.05, 0.1) is 0 Å². The number of hydrogen-bond acceptors (Lipinski definition) is 4. The zero-order chi connectivity index (χ0) is 20.1. The zero-order valence-electron chi connectivity index (χ0n) is 15.4. The first kappa shape index (κ1) is 20.4. The minimum Gasteiger partial charge on any atom is -0.490 e. The molecule has 0 amide bonds. The molecule has 0 aromatic heterocycles. The SMILES string of the molecule is C=CCOc1ccc(CN2CCN(S(=O)(=O)c3ccc(F)cc3F)CC2)cc1. The molecule has 2 aromatic carbocycles. The van der Waals surface area contributed by atoms with Gasteiger partial charge in [-0.15, -0.1) is 0 Å². The maximum Gasteiger partial charge on any atom is 0.246 e. The highest BCUT2D eigenvalue weighted by Gasteiger charge is 2.30. The van der Waals surface area contributed by atoms with Crippen LogP contribution in [0.1, 0.15) is 5.56 Å². The first-order valence-electron chi connectivity index (χ1n) is 8.90. The van der Waals surface area contributed by atoms with Gasteiger partial charge in [0.2, 0.25) is 10.0 Å². The molecule has 1 heterocycles. The van der Waals surface area contributed by atoms with Gasteiger partial charge in [-0.25, -0.2) is 17.2 Å². The molecule has 150 valence electrons. The monoisotopic (exact) mass is 408 g/mol. The molecule has 8 heteroatoms. The van der Waals surface area contributed by atoms with Crippen LogP contribution in [0.4, 0.5) is 8.78 Å². The molecule has 1 saturated heterocycles. The predicted octanol–water partition coefficient (Wildman–Crippen LogP) is 3.04. The van der Waals surface area contributed by atoms with E-state index in [2.05, 4.69) is 11.5 Å². The van der Waals surface area contributed by atoms with Crippen LogP contribution in [-0.4, -0.2) is 50.4 Å². The lowest BCUT2D eigenvalue weighted by molar-refractivity contribution is 0.181. The van der Waals surface area contributed by atoms with Gasteiger partial charge in [0.1, 0.15) is 28.9 Å². The Kier molecular flexibility index (Phi) is 6.43. The van der Waals surface area contributed by atoms with Crippen LogP contribution in [0.5, 0.6) is 5.75 Å². The number of rotatable bonds is 7. The molecule has 5 nitrogen and oxygen atoms in total. The Hall–Kier alpha value is -2.29. The van der Waals surface area contributed by atoms with E-state index in [4.69, 9.17) is 4.74 Å². The lowest BCUT2D eigenvalue weighted by Gasteiger charge is -2.34. The summed E-state index contributed by atoms with van der Waals surface area (Å²) in [6.07, 6.45) is 1.68. The molecule has 1 aliphatic heterocycles. The molecule has 3 rings (SSSR count). The first-order chi connectivity index (χ1) is 13.4. The summed E-state index contributed by atoms with van der Waals surface area (Å²) < 4.78 is 58.9. The van der Waals surface area contributed by atoms with Crippen molar-refractivity contribution in [1.82, 2.24) is 9.21 Å². The van der Waals surface area contributed by atoms with Gasteiger partial charge in [-0.1, -0.05) is 24.8 Å². The highest BCUT2D eigenvalue weighted by atomic mass is 32.2. The Morgan fingerprint density at radius 3 is 2.32 bits per heavy atom. The van der Waals surface area contributed by atoms with Crippen molar-refractivity contribution >= 4 is 10.0 Å². The highest BCUT2D eigenvalue weighted by Crippen LogP contribution is 2.22. The summed E-state index contributed by atoms with van der Waals surface area (Å²) in [6.45, 7) is 6.28.